The van der Waals surface area contributed by atoms with E-state index in [-0.39, 0.29) is 19.0 Å². The number of hydrogen-bond acceptors (Lipinski definition) is 5. The van der Waals surface area contributed by atoms with Crippen LogP contribution in [0.4, 0.5) is 0 Å². The Balaban J connectivity index is 3.87. The maximum Gasteiger partial charge on any atom is 0.376 e. The van der Waals surface area contributed by atoms with Gasteiger partial charge in [0.2, 0.25) is 5.76 Å². The Morgan fingerprint density at radius 1 is 1.64 bits per heavy atom. The first-order valence-corrected chi connectivity index (χ1v) is 2.92. The highest BCUT2D eigenvalue weighted by Crippen LogP contribution is 1.97. The summed E-state index contributed by atoms with van der Waals surface area (Å²) in [5.41, 5.74) is 0. The van der Waals surface area contributed by atoms with Crippen molar-refractivity contribution in [3.05, 3.63) is 12.0 Å². The lowest BCUT2D eigenvalue weighted by Crippen LogP contribution is -2.10. The highest BCUT2D eigenvalue weighted by atomic mass is 16.6. The molecule has 0 heterocycles. The van der Waals surface area contributed by atoms with Gasteiger partial charge in [-0.1, -0.05) is 0 Å². The third-order valence-electron chi connectivity index (χ3n) is 0.853. The van der Waals surface area contributed by atoms with Gasteiger partial charge < -0.3 is 19.7 Å². The van der Waals surface area contributed by atoms with Crippen LogP contribution in [0, 0.1) is 0 Å². The molecule has 0 atom stereocenters. The minimum Gasteiger partial charge on any atom is -0.511 e. The Kier molecular flexibility index (Phi) is 4.93. The van der Waals surface area contributed by atoms with E-state index in [1.807, 2.05) is 0 Å². The van der Waals surface area contributed by atoms with E-state index < -0.39 is 5.97 Å². The number of esters is 1. The van der Waals surface area contributed by atoms with E-state index in [0.717, 1.165) is 7.11 Å². The highest BCUT2D eigenvalue weighted by molar-refractivity contribution is 5.85. The van der Waals surface area contributed by atoms with Gasteiger partial charge in [-0.2, -0.15) is 0 Å². The van der Waals surface area contributed by atoms with Crippen LogP contribution in [0.5, 0.6) is 0 Å². The Morgan fingerprint density at radius 2 is 2.27 bits per heavy atom. The SMILES string of the molecule is COC(=O)C(=CO)OCCO. The lowest BCUT2D eigenvalue weighted by atomic mass is 10.5. The van der Waals surface area contributed by atoms with Gasteiger partial charge in [-0.3, -0.25) is 0 Å². The number of carbonyl (C=O) groups is 1. The van der Waals surface area contributed by atoms with E-state index in [9.17, 15) is 4.79 Å². The molecule has 0 aliphatic heterocycles. The summed E-state index contributed by atoms with van der Waals surface area (Å²) < 4.78 is 8.81. The minimum absolute atomic E-state index is 0.0541. The number of carbonyl (C=O) groups excluding carboxylic acids is 1. The molecule has 0 aromatic rings. The van der Waals surface area contributed by atoms with Gasteiger partial charge in [0.1, 0.15) is 12.9 Å². The normalized spacial score (nSPS) is 10.9. The van der Waals surface area contributed by atoms with Crippen molar-refractivity contribution in [1.29, 1.82) is 0 Å². The topological polar surface area (TPSA) is 76.0 Å². The molecule has 2 N–H and O–H groups in total. The number of hydrogen-bond donors (Lipinski definition) is 2. The van der Waals surface area contributed by atoms with Gasteiger partial charge in [-0.05, 0) is 0 Å². The molecule has 0 unspecified atom stereocenters. The van der Waals surface area contributed by atoms with Crippen LogP contribution in [0.3, 0.4) is 0 Å². The fraction of sp³-hybridized carbons (Fsp3) is 0.500. The fourth-order valence-electron chi connectivity index (χ4n) is 0.405. The molecule has 0 aliphatic rings. The van der Waals surface area contributed by atoms with E-state index in [1.54, 1.807) is 0 Å². The van der Waals surface area contributed by atoms with Gasteiger partial charge >= 0.3 is 5.97 Å². The monoisotopic (exact) mass is 162 g/mol. The standard InChI is InChI=1S/C6H10O5/c1-10-6(9)5(4-8)11-3-2-7/h4,7-8H,2-3H2,1H3. The smallest absolute Gasteiger partial charge is 0.376 e. The summed E-state index contributed by atoms with van der Waals surface area (Å²) in [6.07, 6.45) is 0.488. The summed E-state index contributed by atoms with van der Waals surface area (Å²) in [7, 11) is 1.16. The molecule has 0 aromatic heterocycles. The Morgan fingerprint density at radius 3 is 2.64 bits per heavy atom. The van der Waals surface area contributed by atoms with Crippen molar-refractivity contribution >= 4 is 5.97 Å². The predicted molar refractivity (Wildman–Crippen MR) is 35.8 cm³/mol. The lowest BCUT2D eigenvalue weighted by molar-refractivity contribution is -0.140. The van der Waals surface area contributed by atoms with E-state index in [4.69, 9.17) is 10.2 Å². The average Bonchev–Trinajstić information content (AvgIpc) is 2.05. The molecule has 5 heteroatoms. The molecule has 5 nitrogen and oxygen atoms in total. The van der Waals surface area contributed by atoms with Crippen LogP contribution in [0.15, 0.2) is 12.0 Å². The first-order chi connectivity index (χ1) is 5.26. The molecular formula is C6H10O5. The van der Waals surface area contributed by atoms with Crippen molar-refractivity contribution in [2.24, 2.45) is 0 Å². The summed E-state index contributed by atoms with van der Waals surface area (Å²) in [6.45, 7) is -0.282. The molecule has 0 fully saturated rings. The van der Waals surface area contributed by atoms with Crippen LogP contribution in [0.25, 0.3) is 0 Å². The van der Waals surface area contributed by atoms with Gasteiger partial charge in [0.15, 0.2) is 0 Å². The van der Waals surface area contributed by atoms with Gasteiger partial charge in [-0.25, -0.2) is 4.79 Å². The minimum atomic E-state index is -0.777. The first-order valence-electron chi connectivity index (χ1n) is 2.92. The summed E-state index contributed by atoms with van der Waals surface area (Å²) in [6, 6.07) is 0. The maximum absolute atomic E-state index is 10.6. The molecule has 64 valence electrons. The van der Waals surface area contributed by atoms with Crippen LogP contribution in [0.2, 0.25) is 0 Å². The molecule has 0 amide bonds. The van der Waals surface area contributed by atoms with Crippen LogP contribution in [0.1, 0.15) is 0 Å². The lowest BCUT2D eigenvalue weighted by Gasteiger charge is -2.04. The molecule has 0 spiro atoms. The fourth-order valence-corrected chi connectivity index (χ4v) is 0.405. The second kappa shape index (κ2) is 5.55. The van der Waals surface area contributed by atoms with E-state index >= 15 is 0 Å². The van der Waals surface area contributed by atoms with Crippen molar-refractivity contribution in [3.8, 4) is 0 Å². The van der Waals surface area contributed by atoms with Gasteiger partial charge in [0.25, 0.3) is 0 Å². The third-order valence-corrected chi connectivity index (χ3v) is 0.853. The van der Waals surface area contributed by atoms with E-state index in [1.165, 1.54) is 0 Å². The molecule has 0 aromatic carbocycles. The summed E-state index contributed by atoms with van der Waals surface area (Å²) in [5.74, 6) is -1.09. The zero-order valence-electron chi connectivity index (χ0n) is 6.11. The quantitative estimate of drug-likeness (QED) is 0.333. The second-order valence-electron chi connectivity index (χ2n) is 1.56. The average molecular weight is 162 g/mol. The number of aliphatic hydroxyl groups is 2. The Bertz CT molecular complexity index is 151. The third kappa shape index (κ3) is 3.47. The van der Waals surface area contributed by atoms with Gasteiger partial charge in [-0.15, -0.1) is 0 Å². The highest BCUT2D eigenvalue weighted by Gasteiger charge is 2.09. The molecule has 0 bridgehead atoms. The summed E-state index contributed by atoms with van der Waals surface area (Å²) in [5, 5.41) is 16.7. The van der Waals surface area contributed by atoms with Crippen molar-refractivity contribution in [1.82, 2.24) is 0 Å². The molecule has 0 saturated carbocycles. The first kappa shape index (κ1) is 9.77. The zero-order valence-corrected chi connectivity index (χ0v) is 6.11. The summed E-state index contributed by atoms with van der Waals surface area (Å²) >= 11 is 0. The maximum atomic E-state index is 10.6. The van der Waals surface area contributed by atoms with Crippen LogP contribution < -0.4 is 0 Å². The van der Waals surface area contributed by atoms with Crippen molar-refractivity contribution in [2.45, 2.75) is 0 Å². The largest absolute Gasteiger partial charge is 0.511 e. The predicted octanol–water partition coefficient (Wildman–Crippen LogP) is -0.432. The van der Waals surface area contributed by atoms with E-state index in [2.05, 4.69) is 9.47 Å². The number of methoxy groups -OCH3 is 1. The van der Waals surface area contributed by atoms with Crippen molar-refractivity contribution in [3.63, 3.8) is 0 Å². The van der Waals surface area contributed by atoms with E-state index in [0.29, 0.717) is 6.26 Å². The molecule has 0 radical (unpaired) electrons. The number of aliphatic hydroxyl groups excluding tert-OH is 2. The van der Waals surface area contributed by atoms with Crippen LogP contribution in [-0.2, 0) is 14.3 Å². The molecule has 11 heavy (non-hydrogen) atoms. The Labute approximate surface area is 63.9 Å². The van der Waals surface area contributed by atoms with Gasteiger partial charge in [0, 0.05) is 0 Å². The second-order valence-corrected chi connectivity index (χ2v) is 1.56. The zero-order chi connectivity index (χ0) is 8.69. The molecule has 0 saturated heterocycles. The van der Waals surface area contributed by atoms with Crippen LogP contribution in [-0.4, -0.2) is 36.5 Å². The van der Waals surface area contributed by atoms with Crippen molar-refractivity contribution in [2.75, 3.05) is 20.3 Å². The summed E-state index contributed by atoms with van der Waals surface area (Å²) in [4.78, 5) is 10.6. The molecule has 0 aliphatic carbocycles. The van der Waals surface area contributed by atoms with Crippen LogP contribution >= 0.6 is 0 Å². The number of ether oxygens (including phenoxy) is 2. The molecular weight excluding hydrogens is 152 g/mol. The molecule has 0 rings (SSSR count). The number of rotatable bonds is 4. The Hall–Kier alpha value is -1.23. The van der Waals surface area contributed by atoms with Gasteiger partial charge in [0.05, 0.1) is 13.7 Å². The van der Waals surface area contributed by atoms with Crippen molar-refractivity contribution < 1.29 is 24.5 Å².